The summed E-state index contributed by atoms with van der Waals surface area (Å²) in [6.45, 7) is 0.371. The van der Waals surface area contributed by atoms with E-state index in [1.807, 2.05) is 121 Å². The number of carbonyl (C=O) groups is 2. The highest BCUT2D eigenvalue weighted by molar-refractivity contribution is 6.30. The number of likely N-dealkylation sites (tertiary alicyclic amines) is 1. The average Bonchev–Trinajstić information content (AvgIpc) is 3.38. The molecule has 0 amide bonds. The molecule has 7 heteroatoms. The van der Waals surface area contributed by atoms with E-state index >= 15 is 4.79 Å². The number of fused-ring (bicyclic) bond motifs is 1. The number of esters is 1. The van der Waals surface area contributed by atoms with Gasteiger partial charge in [-0.15, -0.1) is 0 Å². The molecule has 0 N–H and O–H groups in total. The number of ether oxygens (including phenoxy) is 2. The van der Waals surface area contributed by atoms with Gasteiger partial charge in [0.15, 0.2) is 5.78 Å². The van der Waals surface area contributed by atoms with Crippen LogP contribution in [0.4, 0.5) is 0 Å². The second-order valence-corrected chi connectivity index (χ2v) is 12.6. The molecule has 0 bridgehead atoms. The zero-order valence-corrected chi connectivity index (χ0v) is 26.6. The molecule has 0 aromatic heterocycles. The number of halogens is 2. The highest BCUT2D eigenvalue weighted by Gasteiger charge is 2.71. The Labute approximate surface area is 278 Å². The number of hydrogen-bond acceptors (Lipinski definition) is 5. The summed E-state index contributed by atoms with van der Waals surface area (Å²) < 4.78 is 12.6. The van der Waals surface area contributed by atoms with Crippen molar-refractivity contribution in [3.63, 3.8) is 0 Å². The Kier molecular flexibility index (Phi) is 8.16. The van der Waals surface area contributed by atoms with Crippen LogP contribution in [0.15, 0.2) is 133 Å². The van der Waals surface area contributed by atoms with Gasteiger partial charge in [-0.05, 0) is 58.7 Å². The standard InChI is InChI=1S/C39H31Cl2NO4/c1-45-38(44)34-33(26-16-20-29(40)21-17-26)39(35(27-18-22-30(41)23-19-27)42(34)24-25-10-4-2-5-11-25)36(43)31-14-8-9-15-32(31)46-37(39)28-12-6-3-7-13-28/h2-23,33-35,37H,24H2,1H3/t33-,34+,35+,37+,39-/m1/s1. The molecule has 7 rings (SSSR count). The second kappa shape index (κ2) is 12.4. The number of carbonyl (C=O) groups excluding carboxylic acids is 2. The van der Waals surface area contributed by atoms with Crippen LogP contribution in [-0.4, -0.2) is 29.8 Å². The summed E-state index contributed by atoms with van der Waals surface area (Å²) in [7, 11) is 1.40. The topological polar surface area (TPSA) is 55.8 Å². The van der Waals surface area contributed by atoms with E-state index in [0.29, 0.717) is 27.9 Å². The first-order valence-corrected chi connectivity index (χ1v) is 15.9. The van der Waals surface area contributed by atoms with Crippen molar-refractivity contribution >= 4 is 35.0 Å². The van der Waals surface area contributed by atoms with Gasteiger partial charge in [0.2, 0.25) is 0 Å². The van der Waals surface area contributed by atoms with Gasteiger partial charge in [-0.2, -0.15) is 0 Å². The van der Waals surface area contributed by atoms with E-state index in [0.717, 1.165) is 22.3 Å². The number of rotatable bonds is 6. The minimum atomic E-state index is -1.34. The van der Waals surface area contributed by atoms with Crippen LogP contribution in [-0.2, 0) is 16.1 Å². The average molecular weight is 649 g/mol. The third kappa shape index (κ3) is 5.00. The first-order valence-electron chi connectivity index (χ1n) is 15.2. The molecule has 1 saturated heterocycles. The molecular formula is C39H31Cl2NO4. The van der Waals surface area contributed by atoms with Gasteiger partial charge in [-0.3, -0.25) is 14.5 Å². The summed E-state index contributed by atoms with van der Waals surface area (Å²) >= 11 is 12.8. The molecule has 46 heavy (non-hydrogen) atoms. The fourth-order valence-electron chi connectivity index (χ4n) is 7.55. The SMILES string of the molecule is COC(=O)[C@@H]1[C@@H](c2ccc(Cl)cc2)[C@]2(C(=O)c3ccccc3O[C@H]2c2ccccc2)[C@H](c2ccc(Cl)cc2)N1Cc1ccccc1. The minimum Gasteiger partial charge on any atom is -0.484 e. The Hall–Kier alpha value is -4.42. The number of para-hydroxylation sites is 1. The van der Waals surface area contributed by atoms with Gasteiger partial charge >= 0.3 is 5.97 Å². The van der Waals surface area contributed by atoms with E-state index in [4.69, 9.17) is 32.7 Å². The lowest BCUT2D eigenvalue weighted by molar-refractivity contribution is -0.147. The van der Waals surface area contributed by atoms with E-state index in [1.165, 1.54) is 7.11 Å². The van der Waals surface area contributed by atoms with E-state index in [9.17, 15) is 4.79 Å². The molecule has 0 aliphatic carbocycles. The monoisotopic (exact) mass is 647 g/mol. The maximum absolute atomic E-state index is 15.7. The van der Waals surface area contributed by atoms with E-state index in [-0.39, 0.29) is 5.78 Å². The van der Waals surface area contributed by atoms with Crippen LogP contribution in [0.5, 0.6) is 5.75 Å². The van der Waals surface area contributed by atoms with Crippen LogP contribution >= 0.6 is 23.2 Å². The number of methoxy groups -OCH3 is 1. The zero-order chi connectivity index (χ0) is 31.8. The molecule has 5 atom stereocenters. The van der Waals surface area contributed by atoms with Gasteiger partial charge in [0.25, 0.3) is 0 Å². The van der Waals surface area contributed by atoms with Crippen LogP contribution < -0.4 is 4.74 Å². The second-order valence-electron chi connectivity index (χ2n) is 11.8. The van der Waals surface area contributed by atoms with Crippen LogP contribution in [0.25, 0.3) is 0 Å². The lowest BCUT2D eigenvalue weighted by Gasteiger charge is -2.48. The van der Waals surface area contributed by atoms with Crippen molar-refractivity contribution in [3.8, 4) is 5.75 Å². The van der Waals surface area contributed by atoms with Crippen LogP contribution in [0.3, 0.4) is 0 Å². The van der Waals surface area contributed by atoms with Crippen molar-refractivity contribution in [1.82, 2.24) is 4.90 Å². The highest BCUT2D eigenvalue weighted by Crippen LogP contribution is 2.67. The molecule has 5 nitrogen and oxygen atoms in total. The summed E-state index contributed by atoms with van der Waals surface area (Å²) in [6.07, 6.45) is -0.773. The van der Waals surface area contributed by atoms with Gasteiger partial charge < -0.3 is 9.47 Å². The molecule has 230 valence electrons. The fraction of sp³-hybridized carbons (Fsp3) is 0.179. The predicted octanol–water partition coefficient (Wildman–Crippen LogP) is 8.88. The number of nitrogens with zero attached hydrogens (tertiary/aromatic N) is 1. The van der Waals surface area contributed by atoms with E-state index in [2.05, 4.69) is 4.90 Å². The van der Waals surface area contributed by atoms with Gasteiger partial charge in [-0.25, -0.2) is 0 Å². The van der Waals surface area contributed by atoms with Gasteiger partial charge in [-0.1, -0.05) is 120 Å². The molecule has 2 heterocycles. The molecule has 5 aromatic carbocycles. The van der Waals surface area contributed by atoms with Gasteiger partial charge in [0, 0.05) is 22.5 Å². The number of hydrogen-bond donors (Lipinski definition) is 0. The predicted molar refractivity (Wildman–Crippen MR) is 179 cm³/mol. The van der Waals surface area contributed by atoms with Crippen molar-refractivity contribution in [2.45, 2.75) is 30.7 Å². The number of ketones is 1. The van der Waals surface area contributed by atoms with Crippen LogP contribution in [0.1, 0.15) is 50.7 Å². The zero-order valence-electron chi connectivity index (χ0n) is 25.1. The fourth-order valence-corrected chi connectivity index (χ4v) is 7.80. The summed E-state index contributed by atoms with van der Waals surface area (Å²) in [6, 6.07) is 40.6. The maximum Gasteiger partial charge on any atom is 0.323 e. The molecule has 5 aromatic rings. The summed E-state index contributed by atoms with van der Waals surface area (Å²) in [5, 5.41) is 1.12. The van der Waals surface area contributed by atoms with Crippen molar-refractivity contribution in [2.75, 3.05) is 7.11 Å². The van der Waals surface area contributed by atoms with Gasteiger partial charge in [0.1, 0.15) is 23.3 Å². The molecule has 2 aliphatic heterocycles. The smallest absolute Gasteiger partial charge is 0.323 e. The Morgan fingerprint density at radius 3 is 1.93 bits per heavy atom. The van der Waals surface area contributed by atoms with Crippen molar-refractivity contribution in [3.05, 3.63) is 171 Å². The van der Waals surface area contributed by atoms with Gasteiger partial charge in [0.05, 0.1) is 18.7 Å². The maximum atomic E-state index is 15.7. The normalized spacial score (nSPS) is 23.9. The number of Topliss-reactive ketones (excluding diaryl/α,β-unsaturated/α-hetero) is 1. The molecule has 1 fully saturated rings. The molecule has 2 aliphatic rings. The molecule has 0 saturated carbocycles. The first kappa shape index (κ1) is 30.2. The van der Waals surface area contributed by atoms with Crippen molar-refractivity contribution < 1.29 is 19.1 Å². The number of benzene rings is 5. The quantitative estimate of drug-likeness (QED) is 0.172. The highest BCUT2D eigenvalue weighted by atomic mass is 35.5. The minimum absolute atomic E-state index is 0.104. The van der Waals surface area contributed by atoms with Crippen LogP contribution in [0, 0.1) is 5.41 Å². The third-order valence-corrected chi connectivity index (χ3v) is 9.85. The lowest BCUT2D eigenvalue weighted by atomic mass is 9.58. The lowest BCUT2D eigenvalue weighted by Crippen LogP contribution is -2.50. The Balaban J connectivity index is 1.61. The first-order chi connectivity index (χ1) is 22.4. The van der Waals surface area contributed by atoms with E-state index in [1.54, 1.807) is 12.1 Å². The summed E-state index contributed by atoms with van der Waals surface area (Å²) in [5.74, 6) is -0.738. The van der Waals surface area contributed by atoms with Crippen LogP contribution in [0.2, 0.25) is 10.0 Å². The summed E-state index contributed by atoms with van der Waals surface area (Å²) in [4.78, 5) is 32.0. The molecule has 0 unspecified atom stereocenters. The van der Waals surface area contributed by atoms with E-state index < -0.39 is 35.5 Å². The van der Waals surface area contributed by atoms with Crippen molar-refractivity contribution in [1.29, 1.82) is 0 Å². The Bertz CT molecular complexity index is 1860. The van der Waals surface area contributed by atoms with Crippen molar-refractivity contribution in [2.24, 2.45) is 5.41 Å². The largest absolute Gasteiger partial charge is 0.484 e. The molecular weight excluding hydrogens is 617 g/mol. The summed E-state index contributed by atoms with van der Waals surface area (Å²) in [5.41, 5.74) is 2.56. The Morgan fingerprint density at radius 2 is 1.30 bits per heavy atom. The Morgan fingerprint density at radius 1 is 0.739 bits per heavy atom. The third-order valence-electron chi connectivity index (χ3n) is 9.34. The molecule has 1 spiro atoms. The molecule has 0 radical (unpaired) electrons.